The summed E-state index contributed by atoms with van der Waals surface area (Å²) in [5.41, 5.74) is 7.29. The summed E-state index contributed by atoms with van der Waals surface area (Å²) in [5, 5.41) is 0. The van der Waals surface area contributed by atoms with Gasteiger partial charge in [0.25, 0.3) is 0 Å². The fourth-order valence-electron chi connectivity index (χ4n) is 4.73. The van der Waals surface area contributed by atoms with E-state index in [1.54, 1.807) is 0 Å². The van der Waals surface area contributed by atoms with E-state index in [1.165, 1.54) is 52.9 Å². The predicted molar refractivity (Wildman–Crippen MR) is 172 cm³/mol. The van der Waals surface area contributed by atoms with Crippen LogP contribution in [0.15, 0.2) is 121 Å². The highest BCUT2D eigenvalue weighted by Gasteiger charge is 2.10. The lowest BCUT2D eigenvalue weighted by Gasteiger charge is -2.06. The number of benzene rings is 4. The Bertz CT molecular complexity index is 1550. The topological polar surface area (TPSA) is 18.5 Å². The quantitative estimate of drug-likeness (QED) is 0.176. The van der Waals surface area contributed by atoms with Gasteiger partial charge in [0.15, 0.2) is 0 Å². The van der Waals surface area contributed by atoms with Crippen molar-refractivity contribution >= 4 is 22.7 Å². The molecular formula is C36H30O2S2. The van der Waals surface area contributed by atoms with E-state index in [0.29, 0.717) is 13.2 Å². The van der Waals surface area contributed by atoms with Crippen molar-refractivity contribution < 1.29 is 9.47 Å². The molecule has 0 aliphatic heterocycles. The molecule has 0 fully saturated rings. The monoisotopic (exact) mass is 558 g/mol. The van der Waals surface area contributed by atoms with Crippen molar-refractivity contribution in [3.05, 3.63) is 121 Å². The third kappa shape index (κ3) is 5.74. The third-order valence-corrected chi connectivity index (χ3v) is 9.26. The van der Waals surface area contributed by atoms with Gasteiger partial charge in [-0.3, -0.25) is 0 Å². The Hall–Kier alpha value is -4.12. The Balaban J connectivity index is 1.15. The van der Waals surface area contributed by atoms with Crippen LogP contribution in [0.2, 0.25) is 0 Å². The number of hydrogen-bond acceptors (Lipinski definition) is 4. The van der Waals surface area contributed by atoms with E-state index in [-0.39, 0.29) is 0 Å². The van der Waals surface area contributed by atoms with E-state index in [1.807, 2.05) is 60.8 Å². The van der Waals surface area contributed by atoms with Crippen molar-refractivity contribution in [3.8, 4) is 64.4 Å². The van der Waals surface area contributed by atoms with Crippen LogP contribution in [0, 0.1) is 0 Å². The van der Waals surface area contributed by atoms with Gasteiger partial charge in [0.05, 0.1) is 13.2 Å². The summed E-state index contributed by atoms with van der Waals surface area (Å²) in [6.45, 7) is 5.37. The molecule has 6 aromatic rings. The van der Waals surface area contributed by atoms with Gasteiger partial charge in [0.1, 0.15) is 11.5 Å². The lowest BCUT2D eigenvalue weighted by molar-refractivity contribution is 0.340. The molecule has 0 bridgehead atoms. The Morgan fingerprint density at radius 3 is 0.950 bits per heavy atom. The van der Waals surface area contributed by atoms with Crippen LogP contribution in [-0.4, -0.2) is 13.2 Å². The van der Waals surface area contributed by atoms with E-state index in [4.69, 9.17) is 9.47 Å². The zero-order valence-electron chi connectivity index (χ0n) is 22.6. The van der Waals surface area contributed by atoms with E-state index in [0.717, 1.165) is 11.5 Å². The first-order valence-electron chi connectivity index (χ1n) is 13.6. The largest absolute Gasteiger partial charge is 0.494 e. The summed E-state index contributed by atoms with van der Waals surface area (Å²) >= 11 is 3.69. The second-order valence-corrected chi connectivity index (χ2v) is 11.6. The maximum absolute atomic E-state index is 5.57. The molecule has 0 saturated heterocycles. The lowest BCUT2D eigenvalue weighted by atomic mass is 10.0. The summed E-state index contributed by atoms with van der Waals surface area (Å²) in [6, 6.07) is 43.2. The minimum atomic E-state index is 0.683. The fraction of sp³-hybridized carbons (Fsp3) is 0.111. The third-order valence-electron chi connectivity index (χ3n) is 6.79. The Morgan fingerprint density at radius 1 is 0.350 bits per heavy atom. The first kappa shape index (κ1) is 26.1. The van der Waals surface area contributed by atoms with Crippen LogP contribution in [0.1, 0.15) is 13.8 Å². The zero-order valence-corrected chi connectivity index (χ0v) is 24.2. The van der Waals surface area contributed by atoms with Gasteiger partial charge < -0.3 is 9.47 Å². The number of thiophene rings is 2. The molecule has 0 amide bonds. The predicted octanol–water partition coefficient (Wildman–Crippen LogP) is 10.9. The minimum absolute atomic E-state index is 0.683. The molecule has 2 aromatic heterocycles. The van der Waals surface area contributed by atoms with Gasteiger partial charge in [0, 0.05) is 19.5 Å². The molecule has 0 atom stereocenters. The summed E-state index contributed by atoms with van der Waals surface area (Å²) in [5.74, 6) is 1.82. The number of hydrogen-bond donors (Lipinski definition) is 0. The molecule has 2 heterocycles. The van der Waals surface area contributed by atoms with E-state index < -0.39 is 0 Å². The van der Waals surface area contributed by atoms with Crippen molar-refractivity contribution in [3.63, 3.8) is 0 Å². The maximum Gasteiger partial charge on any atom is 0.119 e. The average molecular weight is 559 g/mol. The molecule has 0 aliphatic rings. The minimum Gasteiger partial charge on any atom is -0.494 e. The van der Waals surface area contributed by atoms with Crippen LogP contribution >= 0.6 is 22.7 Å². The number of ether oxygens (including phenoxy) is 2. The molecule has 0 N–H and O–H groups in total. The second-order valence-electron chi connectivity index (χ2n) is 9.40. The molecule has 4 heteroatoms. The normalized spacial score (nSPS) is 10.9. The smallest absolute Gasteiger partial charge is 0.119 e. The van der Waals surface area contributed by atoms with Gasteiger partial charge in [-0.05, 0) is 95.8 Å². The first-order valence-corrected chi connectivity index (χ1v) is 15.2. The second kappa shape index (κ2) is 12.0. The van der Waals surface area contributed by atoms with Gasteiger partial charge in [-0.15, -0.1) is 22.7 Å². The SMILES string of the molecule is CCOc1ccc(-c2ccc(-c3ccc(-c4ccc(-c5ccc(-c6ccc(OCC)cc6)cc5)s4)s3)cc2)cc1. The van der Waals surface area contributed by atoms with Crippen LogP contribution < -0.4 is 9.47 Å². The summed E-state index contributed by atoms with van der Waals surface area (Å²) < 4.78 is 11.1. The Kier molecular flexibility index (Phi) is 7.80. The van der Waals surface area contributed by atoms with Gasteiger partial charge in [0.2, 0.25) is 0 Å². The molecule has 198 valence electrons. The van der Waals surface area contributed by atoms with Crippen molar-refractivity contribution in [2.45, 2.75) is 13.8 Å². The molecule has 0 unspecified atom stereocenters. The van der Waals surface area contributed by atoms with Gasteiger partial charge in [-0.25, -0.2) is 0 Å². The van der Waals surface area contributed by atoms with Crippen molar-refractivity contribution in [1.82, 2.24) is 0 Å². The van der Waals surface area contributed by atoms with Gasteiger partial charge in [-0.2, -0.15) is 0 Å². The molecule has 0 spiro atoms. The Morgan fingerprint density at radius 2 is 0.625 bits per heavy atom. The summed E-state index contributed by atoms with van der Waals surface area (Å²) in [4.78, 5) is 5.16. The molecular weight excluding hydrogens is 529 g/mol. The molecule has 2 nitrogen and oxygen atoms in total. The van der Waals surface area contributed by atoms with Crippen LogP contribution in [0.25, 0.3) is 52.9 Å². The molecule has 40 heavy (non-hydrogen) atoms. The van der Waals surface area contributed by atoms with Crippen LogP contribution in [-0.2, 0) is 0 Å². The zero-order chi connectivity index (χ0) is 27.3. The fourth-order valence-corrected chi connectivity index (χ4v) is 6.84. The van der Waals surface area contributed by atoms with Crippen LogP contribution in [0.3, 0.4) is 0 Å². The highest BCUT2D eigenvalue weighted by atomic mass is 32.1. The van der Waals surface area contributed by atoms with Crippen molar-refractivity contribution in [2.75, 3.05) is 13.2 Å². The molecule has 6 rings (SSSR count). The molecule has 4 aromatic carbocycles. The van der Waals surface area contributed by atoms with Crippen molar-refractivity contribution in [2.24, 2.45) is 0 Å². The van der Waals surface area contributed by atoms with Crippen LogP contribution in [0.4, 0.5) is 0 Å². The van der Waals surface area contributed by atoms with Crippen LogP contribution in [0.5, 0.6) is 11.5 Å². The highest BCUT2D eigenvalue weighted by molar-refractivity contribution is 7.25. The maximum atomic E-state index is 5.57. The molecule has 0 radical (unpaired) electrons. The van der Waals surface area contributed by atoms with E-state index >= 15 is 0 Å². The number of rotatable bonds is 9. The average Bonchev–Trinajstić information content (AvgIpc) is 3.70. The molecule has 0 saturated carbocycles. The molecule has 0 aliphatic carbocycles. The van der Waals surface area contributed by atoms with E-state index in [9.17, 15) is 0 Å². The lowest BCUT2D eigenvalue weighted by Crippen LogP contribution is -1.90. The van der Waals surface area contributed by atoms with Gasteiger partial charge in [-0.1, -0.05) is 72.8 Å². The van der Waals surface area contributed by atoms with Crippen molar-refractivity contribution in [1.29, 1.82) is 0 Å². The summed E-state index contributed by atoms with van der Waals surface area (Å²) in [7, 11) is 0. The standard InChI is InChI=1S/C36H30O2S2/c1-3-37-31-17-13-27(14-18-31)25-5-9-29(10-6-25)33-21-23-35(39-33)36-24-22-34(40-36)30-11-7-26(8-12-30)28-15-19-32(20-16-28)38-4-2/h5-24H,3-4H2,1-2H3. The van der Waals surface area contributed by atoms with E-state index in [2.05, 4.69) is 97.1 Å². The van der Waals surface area contributed by atoms with Gasteiger partial charge >= 0.3 is 0 Å². The first-order chi connectivity index (χ1) is 19.7. The summed E-state index contributed by atoms with van der Waals surface area (Å²) in [6.07, 6.45) is 0. The Labute approximate surface area is 244 Å². The highest BCUT2D eigenvalue weighted by Crippen LogP contribution is 2.41.